The highest BCUT2D eigenvalue weighted by Gasteiger charge is 2.39. The zero-order valence-electron chi connectivity index (χ0n) is 15.4. The van der Waals surface area contributed by atoms with Crippen LogP contribution in [0.15, 0.2) is 48.5 Å². The Morgan fingerprint density at radius 3 is 2.32 bits per heavy atom. The highest BCUT2D eigenvalue weighted by molar-refractivity contribution is 6.23. The van der Waals surface area contributed by atoms with E-state index in [1.54, 1.807) is 24.3 Å². The van der Waals surface area contributed by atoms with Crippen LogP contribution in [0, 0.1) is 12.8 Å². The van der Waals surface area contributed by atoms with Gasteiger partial charge in [0.15, 0.2) is 0 Å². The van der Waals surface area contributed by atoms with Gasteiger partial charge in [-0.1, -0.05) is 17.7 Å². The van der Waals surface area contributed by atoms with Crippen LogP contribution >= 0.6 is 0 Å². The molecule has 8 heteroatoms. The van der Waals surface area contributed by atoms with Gasteiger partial charge in [-0.05, 0) is 43.3 Å². The van der Waals surface area contributed by atoms with Crippen molar-refractivity contribution < 1.29 is 23.9 Å². The molecular formula is C20H19N3O5. The van der Waals surface area contributed by atoms with Gasteiger partial charge >= 0.3 is 12.0 Å². The molecule has 1 atom stereocenters. The molecule has 1 fully saturated rings. The summed E-state index contributed by atoms with van der Waals surface area (Å²) in [7, 11) is 1.28. The Hall–Kier alpha value is -3.68. The van der Waals surface area contributed by atoms with E-state index in [2.05, 4.69) is 15.4 Å². The van der Waals surface area contributed by atoms with Gasteiger partial charge in [0.25, 0.3) is 0 Å². The number of nitrogens with zero attached hydrogens (tertiary/aromatic N) is 1. The number of nitrogens with one attached hydrogen (secondary N) is 2. The smallest absolute Gasteiger partial charge is 0.337 e. The van der Waals surface area contributed by atoms with Gasteiger partial charge in [0.05, 0.1) is 18.4 Å². The maximum absolute atomic E-state index is 12.8. The number of imide groups is 1. The van der Waals surface area contributed by atoms with Crippen LogP contribution in [0.3, 0.4) is 0 Å². The number of ether oxygens (including phenoxy) is 1. The average Bonchev–Trinajstić information content (AvgIpc) is 2.69. The van der Waals surface area contributed by atoms with Gasteiger partial charge in [0, 0.05) is 12.2 Å². The van der Waals surface area contributed by atoms with E-state index in [-0.39, 0.29) is 6.54 Å². The highest BCUT2D eigenvalue weighted by Crippen LogP contribution is 2.22. The Morgan fingerprint density at radius 2 is 1.71 bits per heavy atom. The number of rotatable bonds is 4. The third-order valence-electron chi connectivity index (χ3n) is 4.36. The fourth-order valence-electron chi connectivity index (χ4n) is 2.79. The van der Waals surface area contributed by atoms with Crippen LogP contribution in [-0.4, -0.2) is 37.5 Å². The molecule has 1 heterocycles. The number of urea groups is 1. The van der Waals surface area contributed by atoms with Gasteiger partial charge in [-0.15, -0.1) is 0 Å². The van der Waals surface area contributed by atoms with Crippen molar-refractivity contribution in [1.29, 1.82) is 0 Å². The summed E-state index contributed by atoms with van der Waals surface area (Å²) in [6, 6.07) is 12.4. The largest absolute Gasteiger partial charge is 0.465 e. The van der Waals surface area contributed by atoms with E-state index in [1.165, 1.54) is 31.4 Å². The average molecular weight is 381 g/mol. The van der Waals surface area contributed by atoms with Crippen LogP contribution in [-0.2, 0) is 14.3 Å². The summed E-state index contributed by atoms with van der Waals surface area (Å²) in [6.07, 6.45) is 0. The molecule has 0 bridgehead atoms. The summed E-state index contributed by atoms with van der Waals surface area (Å²) in [5, 5.41) is 5.20. The molecule has 0 radical (unpaired) electrons. The second-order valence-corrected chi connectivity index (χ2v) is 6.31. The molecular weight excluding hydrogens is 362 g/mol. The lowest BCUT2D eigenvalue weighted by Crippen LogP contribution is -2.58. The van der Waals surface area contributed by atoms with E-state index in [4.69, 9.17) is 0 Å². The van der Waals surface area contributed by atoms with Crippen molar-refractivity contribution in [3.05, 3.63) is 59.7 Å². The Bertz CT molecular complexity index is 922. The number of anilines is 2. The van der Waals surface area contributed by atoms with Crippen molar-refractivity contribution in [3.8, 4) is 0 Å². The van der Waals surface area contributed by atoms with E-state index in [1.807, 2.05) is 6.92 Å². The molecule has 1 aliphatic heterocycles. The van der Waals surface area contributed by atoms with Crippen molar-refractivity contribution in [1.82, 2.24) is 5.32 Å². The topological polar surface area (TPSA) is 105 Å². The molecule has 28 heavy (non-hydrogen) atoms. The summed E-state index contributed by atoms with van der Waals surface area (Å²) < 4.78 is 4.62. The minimum absolute atomic E-state index is 0.0912. The number of carbonyl (C=O) groups is 4. The van der Waals surface area contributed by atoms with E-state index in [0.717, 1.165) is 10.5 Å². The zero-order chi connectivity index (χ0) is 20.3. The Morgan fingerprint density at radius 1 is 1.07 bits per heavy atom. The maximum Gasteiger partial charge on any atom is 0.337 e. The van der Waals surface area contributed by atoms with Gasteiger partial charge in [-0.3, -0.25) is 9.59 Å². The number of methoxy groups -OCH3 is 1. The van der Waals surface area contributed by atoms with Gasteiger partial charge in [0.2, 0.25) is 11.8 Å². The molecule has 1 unspecified atom stereocenters. The summed E-state index contributed by atoms with van der Waals surface area (Å²) in [6.45, 7) is 1.80. The molecule has 1 aliphatic rings. The Balaban J connectivity index is 1.74. The predicted molar refractivity (Wildman–Crippen MR) is 102 cm³/mol. The monoisotopic (exact) mass is 381 g/mol. The highest BCUT2D eigenvalue weighted by atomic mass is 16.5. The first kappa shape index (κ1) is 19.1. The van der Waals surface area contributed by atoms with E-state index in [9.17, 15) is 19.2 Å². The molecule has 2 aromatic rings. The molecule has 8 nitrogen and oxygen atoms in total. The molecule has 0 saturated carbocycles. The predicted octanol–water partition coefficient (Wildman–Crippen LogP) is 2.09. The molecule has 4 amide bonds. The molecule has 2 N–H and O–H groups in total. The number of esters is 1. The SMILES string of the molecule is COC(=O)c1ccc(NC(=O)C2CNC(=O)N(c3ccc(C)cc3)C2=O)cc1. The molecule has 1 saturated heterocycles. The zero-order valence-corrected chi connectivity index (χ0v) is 15.4. The third kappa shape index (κ3) is 3.85. The van der Waals surface area contributed by atoms with E-state index < -0.39 is 29.7 Å². The van der Waals surface area contributed by atoms with Crippen molar-refractivity contribution in [3.63, 3.8) is 0 Å². The lowest BCUT2D eigenvalue weighted by Gasteiger charge is -2.30. The number of benzene rings is 2. The quantitative estimate of drug-likeness (QED) is 0.623. The van der Waals surface area contributed by atoms with Gasteiger partial charge in [-0.2, -0.15) is 0 Å². The summed E-state index contributed by atoms with van der Waals surface area (Å²) in [5.41, 5.74) is 2.14. The van der Waals surface area contributed by atoms with Crippen LogP contribution in [0.25, 0.3) is 0 Å². The molecule has 0 spiro atoms. The van der Waals surface area contributed by atoms with Crippen molar-refractivity contribution in [2.45, 2.75) is 6.92 Å². The van der Waals surface area contributed by atoms with Crippen molar-refractivity contribution in [2.75, 3.05) is 23.9 Å². The minimum Gasteiger partial charge on any atom is -0.465 e. The first-order valence-corrected chi connectivity index (χ1v) is 8.58. The first-order valence-electron chi connectivity index (χ1n) is 8.58. The van der Waals surface area contributed by atoms with Gasteiger partial charge in [0.1, 0.15) is 5.92 Å². The van der Waals surface area contributed by atoms with Crippen LogP contribution in [0.4, 0.5) is 16.2 Å². The maximum atomic E-state index is 12.8. The molecule has 3 rings (SSSR count). The van der Waals surface area contributed by atoms with Crippen molar-refractivity contribution in [2.24, 2.45) is 5.92 Å². The van der Waals surface area contributed by atoms with Crippen LogP contribution in [0.5, 0.6) is 0 Å². The number of carbonyl (C=O) groups excluding carboxylic acids is 4. The minimum atomic E-state index is -1.07. The number of hydrogen-bond acceptors (Lipinski definition) is 5. The number of aryl methyl sites for hydroxylation is 1. The first-order chi connectivity index (χ1) is 13.4. The fourth-order valence-corrected chi connectivity index (χ4v) is 2.79. The standard InChI is InChI=1S/C20H19N3O5/c1-12-3-9-15(10-4-12)23-18(25)16(11-21-20(23)27)17(24)22-14-7-5-13(6-8-14)19(26)28-2/h3-10,16H,11H2,1-2H3,(H,21,27)(H,22,24). The Kier molecular flexibility index (Phi) is 5.39. The van der Waals surface area contributed by atoms with Crippen molar-refractivity contribution >= 4 is 35.2 Å². The second-order valence-electron chi connectivity index (χ2n) is 6.31. The number of amides is 4. The van der Waals surface area contributed by atoms with Crippen LogP contribution in [0.1, 0.15) is 15.9 Å². The molecule has 2 aromatic carbocycles. The lowest BCUT2D eigenvalue weighted by molar-refractivity contribution is -0.130. The summed E-state index contributed by atoms with van der Waals surface area (Å²) >= 11 is 0. The Labute approximate surface area is 161 Å². The second kappa shape index (κ2) is 7.91. The van der Waals surface area contributed by atoms with E-state index >= 15 is 0 Å². The molecule has 0 aromatic heterocycles. The summed E-state index contributed by atoms with van der Waals surface area (Å²) in [4.78, 5) is 50.0. The fraction of sp³-hybridized carbons (Fsp3) is 0.200. The normalized spacial score (nSPS) is 16.4. The van der Waals surface area contributed by atoms with Crippen LogP contribution in [0.2, 0.25) is 0 Å². The van der Waals surface area contributed by atoms with E-state index in [0.29, 0.717) is 16.9 Å². The molecule has 0 aliphatic carbocycles. The summed E-state index contributed by atoms with van der Waals surface area (Å²) in [5.74, 6) is -2.71. The third-order valence-corrected chi connectivity index (χ3v) is 4.36. The van der Waals surface area contributed by atoms with Crippen LogP contribution < -0.4 is 15.5 Å². The number of hydrogen-bond donors (Lipinski definition) is 2. The molecule has 144 valence electrons. The van der Waals surface area contributed by atoms with Gasteiger partial charge < -0.3 is 15.4 Å². The lowest BCUT2D eigenvalue weighted by atomic mass is 10.0. The van der Waals surface area contributed by atoms with Gasteiger partial charge in [-0.25, -0.2) is 14.5 Å².